The Labute approximate surface area is 101 Å². The summed E-state index contributed by atoms with van der Waals surface area (Å²) in [6.45, 7) is 6.35. The van der Waals surface area contributed by atoms with Crippen molar-refractivity contribution in [2.45, 2.75) is 32.4 Å². The Kier molecular flexibility index (Phi) is 2.73. The average Bonchev–Trinajstić information content (AvgIpc) is 2.60. The number of hydrogen-bond donors (Lipinski definition) is 1. The van der Waals surface area contributed by atoms with Crippen LogP contribution in [0.3, 0.4) is 0 Å². The van der Waals surface area contributed by atoms with Crippen LogP contribution in [-0.4, -0.2) is 28.2 Å². The van der Waals surface area contributed by atoms with E-state index in [9.17, 15) is 9.90 Å². The zero-order chi connectivity index (χ0) is 12.6. The standard InChI is InChI=1S/C13H17NO3/c1-13(2,3)14-8-11(17-12(14)16)9-6-4-5-7-10(9)15/h4-7,11,15H,8H2,1-3H3. The molecule has 0 bridgehead atoms. The number of ether oxygens (including phenoxy) is 1. The van der Waals surface area contributed by atoms with E-state index in [0.29, 0.717) is 12.1 Å². The molecule has 1 amide bonds. The van der Waals surface area contributed by atoms with Gasteiger partial charge in [-0.2, -0.15) is 0 Å². The second-order valence-electron chi connectivity index (χ2n) is 5.21. The lowest BCUT2D eigenvalue weighted by Crippen LogP contribution is -2.41. The van der Waals surface area contributed by atoms with Gasteiger partial charge in [0.05, 0.1) is 6.54 Å². The van der Waals surface area contributed by atoms with E-state index in [1.807, 2.05) is 26.8 Å². The van der Waals surface area contributed by atoms with Crippen LogP contribution in [0.1, 0.15) is 32.4 Å². The molecule has 0 saturated carbocycles. The molecule has 1 atom stereocenters. The molecule has 1 saturated heterocycles. The average molecular weight is 235 g/mol. The largest absolute Gasteiger partial charge is 0.508 e. The number of aromatic hydroxyl groups is 1. The number of para-hydroxylation sites is 1. The van der Waals surface area contributed by atoms with Crippen molar-refractivity contribution in [1.82, 2.24) is 4.90 Å². The summed E-state index contributed by atoms with van der Waals surface area (Å²) in [5.74, 6) is 0.168. The summed E-state index contributed by atoms with van der Waals surface area (Å²) in [6, 6.07) is 6.95. The number of carbonyl (C=O) groups is 1. The number of phenolic OH excluding ortho intramolecular Hbond substituents is 1. The molecule has 1 heterocycles. The topological polar surface area (TPSA) is 49.8 Å². The van der Waals surface area contributed by atoms with E-state index in [0.717, 1.165) is 0 Å². The molecule has 92 valence electrons. The number of cyclic esters (lactones) is 1. The van der Waals surface area contributed by atoms with E-state index in [-0.39, 0.29) is 23.5 Å². The highest BCUT2D eigenvalue weighted by Gasteiger charge is 2.39. The fourth-order valence-electron chi connectivity index (χ4n) is 1.93. The van der Waals surface area contributed by atoms with Gasteiger partial charge < -0.3 is 9.84 Å². The molecule has 1 aliphatic rings. The molecule has 1 aromatic rings. The zero-order valence-electron chi connectivity index (χ0n) is 10.3. The fraction of sp³-hybridized carbons (Fsp3) is 0.462. The van der Waals surface area contributed by atoms with Gasteiger partial charge in [0.2, 0.25) is 0 Å². The van der Waals surface area contributed by atoms with Crippen molar-refractivity contribution in [3.05, 3.63) is 29.8 Å². The minimum Gasteiger partial charge on any atom is -0.508 e. The Hall–Kier alpha value is -1.71. The fourth-order valence-corrected chi connectivity index (χ4v) is 1.93. The van der Waals surface area contributed by atoms with Crippen molar-refractivity contribution in [3.8, 4) is 5.75 Å². The van der Waals surface area contributed by atoms with Gasteiger partial charge in [0, 0.05) is 11.1 Å². The summed E-state index contributed by atoms with van der Waals surface area (Å²) < 4.78 is 5.29. The third-order valence-electron chi connectivity index (χ3n) is 2.91. The van der Waals surface area contributed by atoms with Crippen LogP contribution in [0.25, 0.3) is 0 Å². The zero-order valence-corrected chi connectivity index (χ0v) is 10.3. The smallest absolute Gasteiger partial charge is 0.411 e. The minimum atomic E-state index is -0.386. The molecule has 0 radical (unpaired) electrons. The number of phenols is 1. The summed E-state index contributed by atoms with van der Waals surface area (Å²) in [6.07, 6.45) is -0.714. The van der Waals surface area contributed by atoms with Gasteiger partial charge in [-0.3, -0.25) is 4.90 Å². The van der Waals surface area contributed by atoms with Crippen LogP contribution in [0.2, 0.25) is 0 Å². The lowest BCUT2D eigenvalue weighted by molar-refractivity contribution is 0.119. The number of amides is 1. The molecule has 1 aromatic carbocycles. The first-order chi connectivity index (χ1) is 7.89. The van der Waals surface area contributed by atoms with Crippen molar-refractivity contribution in [2.24, 2.45) is 0 Å². The molecule has 1 aliphatic heterocycles. The first kappa shape index (κ1) is 11.8. The Morgan fingerprint density at radius 3 is 2.53 bits per heavy atom. The van der Waals surface area contributed by atoms with Crippen LogP contribution < -0.4 is 0 Å². The molecule has 17 heavy (non-hydrogen) atoms. The number of nitrogens with zero attached hydrogens (tertiary/aromatic N) is 1. The maximum Gasteiger partial charge on any atom is 0.411 e. The Bertz CT molecular complexity index is 437. The molecule has 1 unspecified atom stereocenters. The summed E-state index contributed by atoms with van der Waals surface area (Å²) in [7, 11) is 0. The van der Waals surface area contributed by atoms with Crippen molar-refractivity contribution in [1.29, 1.82) is 0 Å². The van der Waals surface area contributed by atoms with Gasteiger partial charge in [-0.05, 0) is 26.8 Å². The molecule has 0 spiro atoms. The molecular weight excluding hydrogens is 218 g/mol. The first-order valence-corrected chi connectivity index (χ1v) is 5.66. The Morgan fingerprint density at radius 1 is 1.35 bits per heavy atom. The number of hydrogen-bond acceptors (Lipinski definition) is 3. The van der Waals surface area contributed by atoms with Gasteiger partial charge in [-0.15, -0.1) is 0 Å². The van der Waals surface area contributed by atoms with E-state index in [1.165, 1.54) is 0 Å². The van der Waals surface area contributed by atoms with Crippen molar-refractivity contribution in [3.63, 3.8) is 0 Å². The van der Waals surface area contributed by atoms with Gasteiger partial charge in [0.1, 0.15) is 11.9 Å². The van der Waals surface area contributed by atoms with Gasteiger partial charge in [0.25, 0.3) is 0 Å². The number of rotatable bonds is 1. The summed E-state index contributed by atoms with van der Waals surface area (Å²) in [5, 5.41) is 9.74. The second-order valence-corrected chi connectivity index (χ2v) is 5.21. The summed E-state index contributed by atoms with van der Waals surface area (Å²) in [5.41, 5.74) is 0.392. The highest BCUT2D eigenvalue weighted by atomic mass is 16.6. The van der Waals surface area contributed by atoms with Gasteiger partial charge in [0.15, 0.2) is 0 Å². The molecule has 0 aliphatic carbocycles. The number of benzene rings is 1. The van der Waals surface area contributed by atoms with Crippen LogP contribution in [0, 0.1) is 0 Å². The summed E-state index contributed by atoms with van der Waals surface area (Å²) in [4.78, 5) is 13.4. The van der Waals surface area contributed by atoms with Gasteiger partial charge in [-0.1, -0.05) is 18.2 Å². The van der Waals surface area contributed by atoms with Crippen LogP contribution >= 0.6 is 0 Å². The molecular formula is C13H17NO3. The second kappa shape index (κ2) is 3.95. The van der Waals surface area contributed by atoms with Crippen molar-refractivity contribution >= 4 is 6.09 Å². The first-order valence-electron chi connectivity index (χ1n) is 5.66. The van der Waals surface area contributed by atoms with Crippen LogP contribution in [0.4, 0.5) is 4.79 Å². The molecule has 4 nitrogen and oxygen atoms in total. The van der Waals surface area contributed by atoms with Gasteiger partial charge >= 0.3 is 6.09 Å². The predicted molar refractivity (Wildman–Crippen MR) is 63.8 cm³/mol. The quantitative estimate of drug-likeness (QED) is 0.814. The van der Waals surface area contributed by atoms with E-state index in [1.54, 1.807) is 23.1 Å². The Balaban J connectivity index is 2.23. The highest BCUT2D eigenvalue weighted by molar-refractivity contribution is 5.71. The van der Waals surface area contributed by atoms with Crippen LogP contribution in [0.5, 0.6) is 5.75 Å². The van der Waals surface area contributed by atoms with Crippen LogP contribution in [0.15, 0.2) is 24.3 Å². The molecule has 4 heteroatoms. The Morgan fingerprint density at radius 2 is 2.00 bits per heavy atom. The molecule has 1 N–H and O–H groups in total. The maximum absolute atomic E-state index is 11.7. The van der Waals surface area contributed by atoms with Crippen molar-refractivity contribution in [2.75, 3.05) is 6.54 Å². The third kappa shape index (κ3) is 2.20. The summed E-state index contributed by atoms with van der Waals surface area (Å²) >= 11 is 0. The third-order valence-corrected chi connectivity index (χ3v) is 2.91. The maximum atomic E-state index is 11.7. The van der Waals surface area contributed by atoms with E-state index >= 15 is 0 Å². The minimum absolute atomic E-state index is 0.168. The SMILES string of the molecule is CC(C)(C)N1CC(c2ccccc2O)OC1=O. The number of carbonyl (C=O) groups excluding carboxylic acids is 1. The lowest BCUT2D eigenvalue weighted by Gasteiger charge is -2.29. The van der Waals surface area contributed by atoms with Crippen molar-refractivity contribution < 1.29 is 14.6 Å². The lowest BCUT2D eigenvalue weighted by atomic mass is 10.0. The predicted octanol–water partition coefficient (Wildman–Crippen LogP) is 2.68. The van der Waals surface area contributed by atoms with E-state index in [4.69, 9.17) is 4.74 Å². The monoisotopic (exact) mass is 235 g/mol. The van der Waals surface area contributed by atoms with E-state index < -0.39 is 0 Å². The molecule has 0 aromatic heterocycles. The van der Waals surface area contributed by atoms with Gasteiger partial charge in [-0.25, -0.2) is 4.79 Å². The normalized spacial score (nSPS) is 20.5. The highest BCUT2D eigenvalue weighted by Crippen LogP contribution is 2.34. The molecule has 2 rings (SSSR count). The van der Waals surface area contributed by atoms with Crippen LogP contribution in [-0.2, 0) is 4.74 Å². The van der Waals surface area contributed by atoms with E-state index in [2.05, 4.69) is 0 Å². The molecule has 1 fully saturated rings.